The molecular weight excluding hydrogens is 290 g/mol. The van der Waals surface area contributed by atoms with E-state index in [1.807, 2.05) is 0 Å². The van der Waals surface area contributed by atoms with Crippen LogP contribution in [0.3, 0.4) is 0 Å². The van der Waals surface area contributed by atoms with Gasteiger partial charge in [-0.3, -0.25) is 4.79 Å². The molecule has 1 rings (SSSR count). The van der Waals surface area contributed by atoms with Crippen molar-refractivity contribution >= 4 is 40.6 Å². The molecule has 0 aliphatic carbocycles. The number of rotatable bonds is 3. The van der Waals surface area contributed by atoms with E-state index in [4.69, 9.17) is 44.3 Å². The minimum Gasteiger partial charge on any atom is -0.508 e. The molecule has 0 saturated carbocycles. The van der Waals surface area contributed by atoms with Crippen molar-refractivity contribution < 1.29 is 19.4 Å². The second kappa shape index (κ2) is 5.21. The average Bonchev–Trinajstić information content (AvgIpc) is 2.25. The van der Waals surface area contributed by atoms with Crippen molar-refractivity contribution in [3.05, 3.63) is 17.7 Å². The van der Waals surface area contributed by atoms with Gasteiger partial charge in [0.1, 0.15) is 22.8 Å². The maximum Gasteiger partial charge on any atom is 0.253 e. The van der Waals surface area contributed by atoms with Crippen LogP contribution in [0.15, 0.2) is 12.1 Å². The zero-order valence-electron chi connectivity index (χ0n) is 8.96. The number of phenols is 1. The van der Waals surface area contributed by atoms with Gasteiger partial charge in [-0.15, -0.1) is 0 Å². The normalized spacial score (nSPS) is 11.1. The van der Waals surface area contributed by atoms with Gasteiger partial charge >= 0.3 is 0 Å². The standard InChI is InChI=1S/C10H9Cl3O4/c1-16-6-3-5(14)4-7(17-2)8(6)9(15)10(11,12)13/h3-4,14H,1-2H3. The first-order valence-corrected chi connectivity index (χ1v) is 5.51. The van der Waals surface area contributed by atoms with Crippen LogP contribution in [0.1, 0.15) is 10.4 Å². The van der Waals surface area contributed by atoms with Crippen molar-refractivity contribution in [3.8, 4) is 17.2 Å². The summed E-state index contributed by atoms with van der Waals surface area (Å²) in [6.45, 7) is 0. The van der Waals surface area contributed by atoms with Gasteiger partial charge in [0.15, 0.2) is 0 Å². The second-order valence-electron chi connectivity index (χ2n) is 3.05. The number of benzene rings is 1. The number of Topliss-reactive ketones (excluding diaryl/α,β-unsaturated/α-hetero) is 1. The molecule has 0 aliphatic rings. The smallest absolute Gasteiger partial charge is 0.253 e. The van der Waals surface area contributed by atoms with E-state index in [9.17, 15) is 9.90 Å². The Bertz CT molecular complexity index is 415. The molecule has 1 aromatic rings. The summed E-state index contributed by atoms with van der Waals surface area (Å²) in [6.07, 6.45) is 0. The van der Waals surface area contributed by atoms with Gasteiger partial charge in [-0.2, -0.15) is 0 Å². The van der Waals surface area contributed by atoms with Crippen LogP contribution in [0, 0.1) is 0 Å². The van der Waals surface area contributed by atoms with Crippen molar-refractivity contribution in [1.82, 2.24) is 0 Å². The Labute approximate surface area is 113 Å². The molecule has 7 heteroatoms. The molecule has 1 N–H and O–H groups in total. The highest BCUT2D eigenvalue weighted by Gasteiger charge is 2.36. The van der Waals surface area contributed by atoms with Crippen LogP contribution in [0.5, 0.6) is 17.2 Å². The van der Waals surface area contributed by atoms with E-state index in [1.54, 1.807) is 0 Å². The first-order valence-electron chi connectivity index (χ1n) is 4.37. The van der Waals surface area contributed by atoms with Gasteiger partial charge in [-0.1, -0.05) is 34.8 Å². The quantitative estimate of drug-likeness (QED) is 0.688. The summed E-state index contributed by atoms with van der Waals surface area (Å²) < 4.78 is 7.77. The molecular formula is C10H9Cl3O4. The van der Waals surface area contributed by atoms with Crippen molar-refractivity contribution in [2.45, 2.75) is 3.79 Å². The largest absolute Gasteiger partial charge is 0.508 e. The van der Waals surface area contributed by atoms with Crippen LogP contribution >= 0.6 is 34.8 Å². The number of halogens is 3. The summed E-state index contributed by atoms with van der Waals surface area (Å²) in [4.78, 5) is 11.9. The average molecular weight is 300 g/mol. The zero-order valence-corrected chi connectivity index (χ0v) is 11.2. The van der Waals surface area contributed by atoms with Crippen LogP contribution < -0.4 is 9.47 Å². The third kappa shape index (κ3) is 3.09. The van der Waals surface area contributed by atoms with Gasteiger partial charge in [0, 0.05) is 12.1 Å². The van der Waals surface area contributed by atoms with E-state index in [2.05, 4.69) is 0 Å². The van der Waals surface area contributed by atoms with E-state index >= 15 is 0 Å². The van der Waals surface area contributed by atoms with E-state index in [-0.39, 0.29) is 22.8 Å². The number of hydrogen-bond acceptors (Lipinski definition) is 4. The lowest BCUT2D eigenvalue weighted by atomic mass is 10.1. The van der Waals surface area contributed by atoms with Crippen LogP contribution in [0.4, 0.5) is 0 Å². The summed E-state index contributed by atoms with van der Waals surface area (Å²) >= 11 is 16.6. The molecule has 1 aromatic carbocycles. The van der Waals surface area contributed by atoms with Crippen LogP contribution in [-0.2, 0) is 0 Å². The van der Waals surface area contributed by atoms with E-state index in [1.165, 1.54) is 26.4 Å². The Morgan fingerprint density at radius 3 is 1.88 bits per heavy atom. The molecule has 0 atom stereocenters. The number of aromatic hydroxyl groups is 1. The number of carbonyl (C=O) groups is 1. The van der Waals surface area contributed by atoms with E-state index in [0.29, 0.717) is 0 Å². The van der Waals surface area contributed by atoms with Gasteiger partial charge in [0.05, 0.1) is 14.2 Å². The SMILES string of the molecule is COc1cc(O)cc(OC)c1C(=O)C(Cl)(Cl)Cl. The topological polar surface area (TPSA) is 55.8 Å². The fraction of sp³-hybridized carbons (Fsp3) is 0.300. The van der Waals surface area contributed by atoms with E-state index in [0.717, 1.165) is 0 Å². The maximum absolute atomic E-state index is 11.9. The number of ether oxygens (including phenoxy) is 2. The molecule has 0 spiro atoms. The Hall–Kier alpha value is -0.840. The van der Waals surface area contributed by atoms with Crippen molar-refractivity contribution in [1.29, 1.82) is 0 Å². The molecule has 0 radical (unpaired) electrons. The van der Waals surface area contributed by atoms with Crippen LogP contribution in [0.2, 0.25) is 0 Å². The summed E-state index contributed by atoms with van der Waals surface area (Å²) in [5.41, 5.74) is -0.0344. The van der Waals surface area contributed by atoms with Gasteiger partial charge in [-0.05, 0) is 0 Å². The molecule has 94 valence electrons. The second-order valence-corrected chi connectivity index (χ2v) is 5.33. The monoisotopic (exact) mass is 298 g/mol. The Morgan fingerprint density at radius 2 is 1.59 bits per heavy atom. The molecule has 4 nitrogen and oxygen atoms in total. The van der Waals surface area contributed by atoms with Gasteiger partial charge in [0.25, 0.3) is 3.79 Å². The molecule has 0 fully saturated rings. The Morgan fingerprint density at radius 1 is 1.18 bits per heavy atom. The molecule has 0 saturated heterocycles. The highest BCUT2D eigenvalue weighted by Crippen LogP contribution is 2.40. The Kier molecular flexibility index (Phi) is 4.36. The third-order valence-corrected chi connectivity index (χ3v) is 2.49. The highest BCUT2D eigenvalue weighted by molar-refractivity contribution is 6.77. The minimum absolute atomic E-state index is 0.0344. The number of methoxy groups -OCH3 is 2. The summed E-state index contributed by atoms with van der Waals surface area (Å²) in [7, 11) is 2.65. The lowest BCUT2D eigenvalue weighted by Crippen LogP contribution is -2.20. The van der Waals surface area contributed by atoms with E-state index < -0.39 is 9.58 Å². The molecule has 0 unspecified atom stereocenters. The number of ketones is 1. The molecule has 0 amide bonds. The number of carbonyl (C=O) groups excluding carboxylic acids is 1. The maximum atomic E-state index is 11.9. The lowest BCUT2D eigenvalue weighted by molar-refractivity contribution is 0.0990. The predicted molar refractivity (Wildman–Crippen MR) is 65.8 cm³/mol. The zero-order chi connectivity index (χ0) is 13.2. The van der Waals surface area contributed by atoms with Gasteiger partial charge in [-0.25, -0.2) is 0 Å². The predicted octanol–water partition coefficient (Wildman–Crippen LogP) is 2.96. The third-order valence-electron chi connectivity index (χ3n) is 1.98. The lowest BCUT2D eigenvalue weighted by Gasteiger charge is -2.16. The summed E-state index contributed by atoms with van der Waals surface area (Å²) in [5, 5.41) is 9.39. The van der Waals surface area contributed by atoms with Gasteiger partial charge < -0.3 is 14.6 Å². The fourth-order valence-corrected chi connectivity index (χ4v) is 1.55. The van der Waals surface area contributed by atoms with Crippen molar-refractivity contribution in [3.63, 3.8) is 0 Å². The number of hydrogen-bond donors (Lipinski definition) is 1. The molecule has 17 heavy (non-hydrogen) atoms. The number of alkyl halides is 3. The van der Waals surface area contributed by atoms with Gasteiger partial charge in [0.2, 0.25) is 5.78 Å². The molecule has 0 bridgehead atoms. The molecule has 0 heterocycles. The van der Waals surface area contributed by atoms with Crippen molar-refractivity contribution in [2.75, 3.05) is 14.2 Å². The first kappa shape index (κ1) is 14.2. The van der Waals surface area contributed by atoms with Crippen LogP contribution in [-0.4, -0.2) is 28.9 Å². The molecule has 0 aromatic heterocycles. The Balaban J connectivity index is 3.44. The fourth-order valence-electron chi connectivity index (χ4n) is 1.26. The van der Waals surface area contributed by atoms with Crippen molar-refractivity contribution in [2.24, 2.45) is 0 Å². The van der Waals surface area contributed by atoms with Crippen LogP contribution in [0.25, 0.3) is 0 Å². The summed E-state index contributed by atoms with van der Waals surface area (Å²) in [5.74, 6) is -0.785. The molecule has 0 aliphatic heterocycles. The number of phenolic OH excluding ortho intramolecular Hbond substituents is 1. The minimum atomic E-state index is -2.13. The highest BCUT2D eigenvalue weighted by atomic mass is 35.6. The first-order chi connectivity index (χ1) is 7.81. The summed E-state index contributed by atoms with van der Waals surface area (Å²) in [6, 6.07) is 2.46.